The summed E-state index contributed by atoms with van der Waals surface area (Å²) in [5.74, 6) is -1.54. The van der Waals surface area contributed by atoms with Crippen LogP contribution in [0.5, 0.6) is 0 Å². The van der Waals surface area contributed by atoms with Crippen LogP contribution in [0.15, 0.2) is 41.1 Å². The van der Waals surface area contributed by atoms with Gasteiger partial charge >= 0.3 is 11.7 Å². The van der Waals surface area contributed by atoms with E-state index in [1.54, 1.807) is 30.3 Å². The molecule has 1 aromatic rings. The van der Waals surface area contributed by atoms with Crippen LogP contribution in [0, 0.1) is 10.1 Å². The molecule has 8 heteroatoms. The minimum absolute atomic E-state index is 0.104. The molecule has 1 N–H and O–H groups in total. The number of carboxylic acids is 1. The fourth-order valence-electron chi connectivity index (χ4n) is 1.95. The van der Waals surface area contributed by atoms with Crippen LogP contribution in [0.25, 0.3) is 0 Å². The molecule has 0 aromatic heterocycles. The van der Waals surface area contributed by atoms with E-state index in [-0.39, 0.29) is 11.6 Å². The summed E-state index contributed by atoms with van der Waals surface area (Å²) in [5, 5.41) is 19.9. The van der Waals surface area contributed by atoms with Crippen molar-refractivity contribution in [1.29, 1.82) is 0 Å². The third-order valence-corrected chi connectivity index (χ3v) is 4.04. The predicted octanol–water partition coefficient (Wildman–Crippen LogP) is 1.80. The van der Waals surface area contributed by atoms with Gasteiger partial charge in [0.25, 0.3) is 5.91 Å². The molecule has 0 spiro atoms. The number of hydrogen-bond donors (Lipinski definition) is 1. The Bertz CT molecular complexity index is 598. The van der Waals surface area contributed by atoms with Gasteiger partial charge in [-0.05, 0) is 18.6 Å². The standard InChI is InChI=1S/C13H12N2O5S/c16-11(9-5-2-1-3-6-9)14-7-4-8-21-12(14)10(13(17)18)15(19)20/h1-3,5-6H,4,7-8H2,(H,17,18). The number of rotatable bonds is 3. The molecule has 110 valence electrons. The maximum absolute atomic E-state index is 12.4. The molecule has 1 saturated heterocycles. The molecule has 1 heterocycles. The number of carbonyl (C=O) groups excluding carboxylic acids is 1. The van der Waals surface area contributed by atoms with Crippen LogP contribution in [-0.4, -0.2) is 39.1 Å². The molecule has 21 heavy (non-hydrogen) atoms. The number of aliphatic carboxylic acids is 1. The number of carboxylic acid groups (broad SMARTS) is 1. The summed E-state index contributed by atoms with van der Waals surface area (Å²) < 4.78 is 0. The Labute approximate surface area is 124 Å². The van der Waals surface area contributed by atoms with Crippen LogP contribution in [0.1, 0.15) is 16.8 Å². The van der Waals surface area contributed by atoms with Crippen LogP contribution in [-0.2, 0) is 4.79 Å². The van der Waals surface area contributed by atoms with Crippen LogP contribution in [0.4, 0.5) is 0 Å². The monoisotopic (exact) mass is 308 g/mol. The van der Waals surface area contributed by atoms with Crippen LogP contribution in [0.2, 0.25) is 0 Å². The third-order valence-electron chi connectivity index (χ3n) is 2.86. The lowest BCUT2D eigenvalue weighted by molar-refractivity contribution is -0.422. The highest BCUT2D eigenvalue weighted by molar-refractivity contribution is 8.03. The van der Waals surface area contributed by atoms with Gasteiger partial charge in [0.1, 0.15) is 0 Å². The second kappa shape index (κ2) is 6.40. The first kappa shape index (κ1) is 15.0. The van der Waals surface area contributed by atoms with E-state index in [4.69, 9.17) is 5.11 Å². The maximum Gasteiger partial charge on any atom is 0.410 e. The molecule has 0 atom stereocenters. The molecular formula is C13H12N2O5S. The van der Waals surface area contributed by atoms with E-state index < -0.39 is 22.5 Å². The van der Waals surface area contributed by atoms with Gasteiger partial charge in [0.15, 0.2) is 5.03 Å². The number of nitrogens with zero attached hydrogens (tertiary/aromatic N) is 2. The van der Waals surface area contributed by atoms with Gasteiger partial charge in [-0.25, -0.2) is 4.79 Å². The lowest BCUT2D eigenvalue weighted by Crippen LogP contribution is -2.36. The number of carbonyl (C=O) groups is 2. The number of amides is 1. The normalized spacial score (nSPS) is 17.2. The molecule has 0 saturated carbocycles. The fraction of sp³-hybridized carbons (Fsp3) is 0.231. The molecule has 1 aliphatic heterocycles. The minimum Gasteiger partial charge on any atom is -0.473 e. The first-order valence-electron chi connectivity index (χ1n) is 6.14. The van der Waals surface area contributed by atoms with Crippen LogP contribution < -0.4 is 0 Å². The molecule has 0 bridgehead atoms. The predicted molar refractivity (Wildman–Crippen MR) is 76.2 cm³/mol. The Balaban J connectivity index is 2.44. The molecular weight excluding hydrogens is 296 g/mol. The average Bonchev–Trinajstić information content (AvgIpc) is 2.47. The molecule has 0 unspecified atom stereocenters. The van der Waals surface area contributed by atoms with E-state index in [1.165, 1.54) is 4.90 Å². The maximum atomic E-state index is 12.4. The summed E-state index contributed by atoms with van der Waals surface area (Å²) in [7, 11) is 0. The smallest absolute Gasteiger partial charge is 0.410 e. The first-order chi connectivity index (χ1) is 10.0. The molecule has 1 aliphatic rings. The highest BCUT2D eigenvalue weighted by atomic mass is 32.2. The van der Waals surface area contributed by atoms with Gasteiger partial charge in [0.05, 0.1) is 4.92 Å². The Morgan fingerprint density at radius 3 is 2.52 bits per heavy atom. The Hall–Kier alpha value is -2.35. The van der Waals surface area contributed by atoms with Crippen LogP contribution in [0.3, 0.4) is 0 Å². The molecule has 0 radical (unpaired) electrons. The zero-order valence-corrected chi connectivity index (χ0v) is 11.7. The van der Waals surface area contributed by atoms with Crippen molar-refractivity contribution in [2.45, 2.75) is 6.42 Å². The van der Waals surface area contributed by atoms with Gasteiger partial charge in [0, 0.05) is 17.9 Å². The molecule has 1 aromatic carbocycles. The van der Waals surface area contributed by atoms with Crippen molar-refractivity contribution in [3.8, 4) is 0 Å². The largest absolute Gasteiger partial charge is 0.473 e. The van der Waals surface area contributed by atoms with E-state index in [0.29, 0.717) is 17.7 Å². The second-order valence-electron chi connectivity index (χ2n) is 4.24. The van der Waals surface area contributed by atoms with Gasteiger partial charge < -0.3 is 5.11 Å². The second-order valence-corrected chi connectivity index (χ2v) is 5.32. The molecule has 2 rings (SSSR count). The lowest BCUT2D eigenvalue weighted by atomic mass is 10.2. The van der Waals surface area contributed by atoms with Crippen molar-refractivity contribution in [2.24, 2.45) is 0 Å². The van der Waals surface area contributed by atoms with Crippen molar-refractivity contribution in [1.82, 2.24) is 4.90 Å². The van der Waals surface area contributed by atoms with Gasteiger partial charge in [-0.15, -0.1) is 11.8 Å². The summed E-state index contributed by atoms with van der Waals surface area (Å²) in [5.41, 5.74) is -0.588. The van der Waals surface area contributed by atoms with Gasteiger partial charge in [0.2, 0.25) is 0 Å². The highest BCUT2D eigenvalue weighted by Gasteiger charge is 2.35. The Kier molecular flexibility index (Phi) is 4.59. The summed E-state index contributed by atoms with van der Waals surface area (Å²) in [6.45, 7) is 0.265. The van der Waals surface area contributed by atoms with E-state index in [9.17, 15) is 19.7 Å². The van der Waals surface area contributed by atoms with Crippen molar-refractivity contribution < 1.29 is 19.6 Å². The van der Waals surface area contributed by atoms with Gasteiger partial charge in [-0.3, -0.25) is 19.8 Å². The molecule has 0 aliphatic carbocycles. The quantitative estimate of drug-likeness (QED) is 0.519. The van der Waals surface area contributed by atoms with Gasteiger partial charge in [-0.1, -0.05) is 18.2 Å². The summed E-state index contributed by atoms with van der Waals surface area (Å²) in [4.78, 5) is 34.7. The number of hydrogen-bond acceptors (Lipinski definition) is 5. The topological polar surface area (TPSA) is 101 Å². The van der Waals surface area contributed by atoms with E-state index in [1.807, 2.05) is 0 Å². The zero-order valence-electron chi connectivity index (χ0n) is 10.9. The summed E-state index contributed by atoms with van der Waals surface area (Å²) in [6.07, 6.45) is 0.650. The molecule has 7 nitrogen and oxygen atoms in total. The van der Waals surface area contributed by atoms with Crippen molar-refractivity contribution in [2.75, 3.05) is 12.3 Å². The average molecular weight is 308 g/mol. The number of benzene rings is 1. The molecule has 1 fully saturated rings. The Morgan fingerprint density at radius 1 is 1.29 bits per heavy atom. The first-order valence-corrected chi connectivity index (χ1v) is 7.12. The van der Waals surface area contributed by atoms with Crippen molar-refractivity contribution >= 4 is 23.6 Å². The number of thioether (sulfide) groups is 1. The van der Waals surface area contributed by atoms with E-state index in [2.05, 4.69) is 0 Å². The fourth-order valence-corrected chi connectivity index (χ4v) is 3.04. The summed E-state index contributed by atoms with van der Waals surface area (Å²) >= 11 is 1.02. The number of nitro groups is 1. The summed E-state index contributed by atoms with van der Waals surface area (Å²) in [6, 6.07) is 8.29. The van der Waals surface area contributed by atoms with Crippen LogP contribution >= 0.6 is 11.8 Å². The van der Waals surface area contributed by atoms with E-state index >= 15 is 0 Å². The Morgan fingerprint density at radius 2 is 1.95 bits per heavy atom. The molecule has 1 amide bonds. The SMILES string of the molecule is O=C(O)C(=C1SCCCN1C(=O)c1ccccc1)[N+](=O)[O-]. The van der Waals surface area contributed by atoms with Gasteiger partial charge in [-0.2, -0.15) is 0 Å². The highest BCUT2D eigenvalue weighted by Crippen LogP contribution is 2.31. The lowest BCUT2D eigenvalue weighted by Gasteiger charge is -2.28. The van der Waals surface area contributed by atoms with E-state index in [0.717, 1.165) is 11.8 Å². The van der Waals surface area contributed by atoms with Crippen molar-refractivity contribution in [3.63, 3.8) is 0 Å². The zero-order chi connectivity index (χ0) is 15.4. The third kappa shape index (κ3) is 3.22. The van der Waals surface area contributed by atoms with Crippen molar-refractivity contribution in [3.05, 3.63) is 56.7 Å². The minimum atomic E-state index is -1.64.